The van der Waals surface area contributed by atoms with Gasteiger partial charge in [-0.2, -0.15) is 0 Å². The fourth-order valence-corrected chi connectivity index (χ4v) is 2.20. The smallest absolute Gasteiger partial charge is 0.269 e. The summed E-state index contributed by atoms with van der Waals surface area (Å²) in [5, 5.41) is 10.2. The van der Waals surface area contributed by atoms with Gasteiger partial charge < -0.3 is 0 Å². The Labute approximate surface area is 117 Å². The van der Waals surface area contributed by atoms with E-state index >= 15 is 0 Å². The zero-order chi connectivity index (χ0) is 14.3. The van der Waals surface area contributed by atoms with Crippen LogP contribution in [-0.2, 0) is 6.42 Å². The van der Waals surface area contributed by atoms with E-state index in [4.69, 9.17) is 11.6 Å². The number of halogens is 1. The summed E-state index contributed by atoms with van der Waals surface area (Å²) in [5.74, 6) is 0. The number of rotatable bonds is 8. The molecule has 0 saturated heterocycles. The summed E-state index contributed by atoms with van der Waals surface area (Å²) in [6.45, 7) is 2.14. The van der Waals surface area contributed by atoms with E-state index in [1.54, 1.807) is 0 Å². The predicted molar refractivity (Wildman–Crippen MR) is 75.7 cm³/mol. The van der Waals surface area contributed by atoms with Gasteiger partial charge >= 0.3 is 0 Å². The maximum atomic E-state index is 11.3. The Balaban J connectivity index is 2.74. The van der Waals surface area contributed by atoms with E-state index in [2.05, 4.69) is 6.92 Å². The molecular formula is C14H18ClNO3. The van der Waals surface area contributed by atoms with Crippen LogP contribution in [0.3, 0.4) is 0 Å². The van der Waals surface area contributed by atoms with E-state index in [0.717, 1.165) is 19.3 Å². The van der Waals surface area contributed by atoms with Gasteiger partial charge in [0.25, 0.3) is 10.9 Å². The van der Waals surface area contributed by atoms with Crippen LogP contribution >= 0.6 is 11.6 Å². The van der Waals surface area contributed by atoms with Gasteiger partial charge in [-0.25, -0.2) is 0 Å². The number of aryl methyl sites for hydroxylation is 1. The number of hydrogen-bond donors (Lipinski definition) is 0. The van der Waals surface area contributed by atoms with Gasteiger partial charge in [-0.05, 0) is 36.1 Å². The van der Waals surface area contributed by atoms with E-state index in [1.165, 1.54) is 31.0 Å². The third-order valence-electron chi connectivity index (χ3n) is 3.06. The van der Waals surface area contributed by atoms with Gasteiger partial charge in [0.1, 0.15) is 0 Å². The van der Waals surface area contributed by atoms with Gasteiger partial charge in [0.2, 0.25) is 0 Å². The van der Waals surface area contributed by atoms with Crippen molar-refractivity contribution in [2.24, 2.45) is 0 Å². The van der Waals surface area contributed by atoms with Gasteiger partial charge in [-0.3, -0.25) is 14.9 Å². The summed E-state index contributed by atoms with van der Waals surface area (Å²) in [4.78, 5) is 21.6. The maximum Gasteiger partial charge on any atom is 0.269 e. The second-order valence-electron chi connectivity index (χ2n) is 4.54. The lowest BCUT2D eigenvalue weighted by Crippen LogP contribution is -2.00. The molecular weight excluding hydrogens is 266 g/mol. The fraction of sp³-hybridized carbons (Fsp3) is 0.500. The van der Waals surface area contributed by atoms with Crippen molar-refractivity contribution in [2.75, 3.05) is 0 Å². The summed E-state index contributed by atoms with van der Waals surface area (Å²) >= 11 is 5.49. The third kappa shape index (κ3) is 4.99. The number of nitro groups is 1. The largest absolute Gasteiger partial charge is 0.276 e. The molecule has 0 N–H and O–H groups in total. The summed E-state index contributed by atoms with van der Waals surface area (Å²) in [6, 6.07) is 4.21. The van der Waals surface area contributed by atoms with Crippen LogP contribution in [0.15, 0.2) is 18.2 Å². The van der Waals surface area contributed by atoms with E-state index in [-0.39, 0.29) is 5.69 Å². The first-order chi connectivity index (χ1) is 9.06. The normalized spacial score (nSPS) is 10.4. The number of nitro benzene ring substituents is 1. The van der Waals surface area contributed by atoms with Crippen LogP contribution in [0.5, 0.6) is 0 Å². The molecule has 0 atom stereocenters. The molecule has 0 amide bonds. The Morgan fingerprint density at radius 1 is 1.26 bits per heavy atom. The molecule has 0 radical (unpaired) electrons. The van der Waals surface area contributed by atoms with Gasteiger partial charge in [-0.15, -0.1) is 0 Å². The number of carbonyl (C=O) groups excluding carboxylic acids is 1. The lowest BCUT2D eigenvalue weighted by Gasteiger charge is -2.06. The first kappa shape index (κ1) is 15.6. The van der Waals surface area contributed by atoms with Gasteiger partial charge in [0.05, 0.1) is 4.92 Å². The summed E-state index contributed by atoms with van der Waals surface area (Å²) in [7, 11) is 0. The number of benzene rings is 1. The Morgan fingerprint density at radius 3 is 2.53 bits per heavy atom. The van der Waals surface area contributed by atoms with Crippen LogP contribution in [0.25, 0.3) is 0 Å². The molecule has 4 nitrogen and oxygen atoms in total. The maximum absolute atomic E-state index is 11.3. The summed E-state index contributed by atoms with van der Waals surface area (Å²) in [6.07, 6.45) is 6.14. The van der Waals surface area contributed by atoms with Crippen LogP contribution in [-0.4, -0.2) is 10.2 Å². The minimum absolute atomic E-state index is 0.00484. The quantitative estimate of drug-likeness (QED) is 0.306. The molecule has 0 fully saturated rings. The molecule has 0 saturated carbocycles. The second kappa shape index (κ2) is 7.89. The highest BCUT2D eigenvalue weighted by molar-refractivity contribution is 6.67. The second-order valence-corrected chi connectivity index (χ2v) is 4.88. The Bertz CT molecular complexity index is 460. The lowest BCUT2D eigenvalue weighted by atomic mass is 10.0. The lowest BCUT2D eigenvalue weighted by molar-refractivity contribution is -0.384. The highest BCUT2D eigenvalue weighted by atomic mass is 35.5. The van der Waals surface area contributed by atoms with E-state index < -0.39 is 10.2 Å². The van der Waals surface area contributed by atoms with Crippen LogP contribution in [0.2, 0.25) is 0 Å². The topological polar surface area (TPSA) is 60.2 Å². The average Bonchev–Trinajstić information content (AvgIpc) is 2.38. The molecule has 0 aliphatic carbocycles. The van der Waals surface area contributed by atoms with Crippen molar-refractivity contribution >= 4 is 22.5 Å². The predicted octanol–water partition coefficient (Wildman–Crippen LogP) is 4.49. The molecule has 0 aromatic heterocycles. The summed E-state index contributed by atoms with van der Waals surface area (Å²) < 4.78 is 0. The highest BCUT2D eigenvalue weighted by Crippen LogP contribution is 2.21. The molecule has 1 aromatic rings. The molecule has 1 aromatic carbocycles. The summed E-state index contributed by atoms with van der Waals surface area (Å²) in [5.41, 5.74) is 1.05. The first-order valence-corrected chi connectivity index (χ1v) is 6.91. The fourth-order valence-electron chi connectivity index (χ4n) is 2.01. The van der Waals surface area contributed by atoms with Crippen LogP contribution in [0.4, 0.5) is 5.69 Å². The molecule has 0 unspecified atom stereocenters. The van der Waals surface area contributed by atoms with Crippen molar-refractivity contribution in [1.29, 1.82) is 0 Å². The van der Waals surface area contributed by atoms with Crippen molar-refractivity contribution < 1.29 is 9.72 Å². The van der Waals surface area contributed by atoms with Crippen LogP contribution < -0.4 is 0 Å². The zero-order valence-electron chi connectivity index (χ0n) is 11.0. The molecule has 104 valence electrons. The van der Waals surface area contributed by atoms with Crippen molar-refractivity contribution in [3.63, 3.8) is 0 Å². The number of carbonyl (C=O) groups is 1. The molecule has 1 rings (SSSR count). The Morgan fingerprint density at radius 2 is 1.95 bits per heavy atom. The first-order valence-electron chi connectivity index (χ1n) is 6.53. The molecule has 5 heteroatoms. The number of unbranched alkanes of at least 4 members (excludes halogenated alkanes) is 4. The van der Waals surface area contributed by atoms with Crippen molar-refractivity contribution in [3.8, 4) is 0 Å². The minimum atomic E-state index is -0.557. The van der Waals surface area contributed by atoms with Crippen LogP contribution in [0.1, 0.15) is 54.9 Å². The van der Waals surface area contributed by atoms with Crippen molar-refractivity contribution in [1.82, 2.24) is 0 Å². The van der Waals surface area contributed by atoms with Gasteiger partial charge in [0, 0.05) is 17.7 Å². The average molecular weight is 284 g/mol. The van der Waals surface area contributed by atoms with Gasteiger partial charge in [0.15, 0.2) is 0 Å². The number of hydrogen-bond acceptors (Lipinski definition) is 3. The van der Waals surface area contributed by atoms with E-state index in [9.17, 15) is 14.9 Å². The van der Waals surface area contributed by atoms with E-state index in [0.29, 0.717) is 17.5 Å². The molecule has 19 heavy (non-hydrogen) atoms. The molecule has 0 spiro atoms. The molecule has 0 heterocycles. The minimum Gasteiger partial charge on any atom is -0.276 e. The monoisotopic (exact) mass is 283 g/mol. The molecule has 0 aliphatic heterocycles. The highest BCUT2D eigenvalue weighted by Gasteiger charge is 2.14. The van der Waals surface area contributed by atoms with E-state index in [1.807, 2.05) is 0 Å². The Hall–Kier alpha value is -1.42. The molecule has 0 aliphatic rings. The number of non-ortho nitro benzene ring substituents is 1. The SMILES string of the molecule is CCCCCCCc1cc([N+](=O)[O-])ccc1C(=O)Cl. The van der Waals surface area contributed by atoms with Crippen molar-refractivity contribution in [2.45, 2.75) is 45.4 Å². The zero-order valence-corrected chi connectivity index (χ0v) is 11.8. The van der Waals surface area contributed by atoms with Gasteiger partial charge in [-0.1, -0.05) is 32.6 Å². The standard InChI is InChI=1S/C14H18ClNO3/c1-2-3-4-5-6-7-11-10-12(16(18)19)8-9-13(11)14(15)17/h8-10H,2-7H2,1H3. The van der Waals surface area contributed by atoms with Crippen LogP contribution in [0, 0.1) is 10.1 Å². The third-order valence-corrected chi connectivity index (χ3v) is 3.26. The Kier molecular flexibility index (Phi) is 6.50. The molecule has 0 bridgehead atoms. The number of nitrogens with zero attached hydrogens (tertiary/aromatic N) is 1. The van der Waals surface area contributed by atoms with Crippen molar-refractivity contribution in [3.05, 3.63) is 39.4 Å².